The number of hydrogen-bond donors (Lipinski definition) is 1. The number of piperazine rings is 1. The molecule has 0 spiro atoms. The van der Waals surface area contributed by atoms with Crippen molar-refractivity contribution < 1.29 is 21.2 Å². The summed E-state index contributed by atoms with van der Waals surface area (Å²) in [7, 11) is -7.19. The molecule has 2 heterocycles. The Labute approximate surface area is 175 Å². The number of hydrogen-bond acceptors (Lipinski definition) is 7. The second-order valence-electron chi connectivity index (χ2n) is 7.28. The van der Waals surface area contributed by atoms with Gasteiger partial charge in [0.2, 0.25) is 0 Å². The summed E-state index contributed by atoms with van der Waals surface area (Å²) in [6, 6.07) is 10.6. The van der Waals surface area contributed by atoms with Crippen LogP contribution in [0.5, 0.6) is 0 Å². The summed E-state index contributed by atoms with van der Waals surface area (Å²) >= 11 is 0. The average Bonchev–Trinajstić information content (AvgIpc) is 2.67. The zero-order chi connectivity index (χ0) is 21.5. The number of sulfone groups is 1. The highest BCUT2D eigenvalue weighted by Crippen LogP contribution is 2.27. The average molecular weight is 453 g/mol. The van der Waals surface area contributed by atoms with E-state index < -0.39 is 25.7 Å². The number of nitrogens with zero attached hydrogens (tertiary/aromatic N) is 3. The Hall–Kier alpha value is -2.50. The van der Waals surface area contributed by atoms with Gasteiger partial charge in [0.25, 0.3) is 10.0 Å². The number of anilines is 2. The summed E-state index contributed by atoms with van der Waals surface area (Å²) in [6.45, 7) is 2.53. The monoisotopic (exact) mass is 452 g/mol. The van der Waals surface area contributed by atoms with Gasteiger partial charge in [0.1, 0.15) is 16.5 Å². The van der Waals surface area contributed by atoms with Gasteiger partial charge in [0.05, 0.1) is 22.8 Å². The molecule has 0 aliphatic carbocycles. The Morgan fingerprint density at radius 2 is 1.80 bits per heavy atom. The predicted octanol–water partition coefficient (Wildman–Crippen LogP) is 1.56. The van der Waals surface area contributed by atoms with E-state index in [0.29, 0.717) is 49.9 Å². The van der Waals surface area contributed by atoms with Crippen LogP contribution in [-0.2, 0) is 19.9 Å². The number of sulfonamides is 1. The molecular weight excluding hydrogens is 431 g/mol. The summed E-state index contributed by atoms with van der Waals surface area (Å²) in [5.41, 5.74) is 0.862. The highest BCUT2D eigenvalue weighted by atomic mass is 32.2. The van der Waals surface area contributed by atoms with Crippen molar-refractivity contribution in [3.8, 4) is 0 Å². The van der Waals surface area contributed by atoms with E-state index >= 15 is 0 Å². The van der Waals surface area contributed by atoms with Crippen LogP contribution in [0.3, 0.4) is 0 Å². The molecule has 0 bridgehead atoms. The van der Waals surface area contributed by atoms with E-state index in [9.17, 15) is 21.2 Å². The third-order valence-corrected chi connectivity index (χ3v) is 7.59. The number of amidine groups is 1. The first-order valence-electron chi connectivity index (χ1n) is 9.30. The first-order chi connectivity index (χ1) is 14.1. The van der Waals surface area contributed by atoms with Gasteiger partial charge in [-0.05, 0) is 30.3 Å². The Balaban J connectivity index is 1.42. The fourth-order valence-corrected chi connectivity index (χ4v) is 5.34. The zero-order valence-corrected chi connectivity index (χ0v) is 17.9. The lowest BCUT2D eigenvalue weighted by Gasteiger charge is -2.36. The molecule has 1 fully saturated rings. The third kappa shape index (κ3) is 4.18. The zero-order valence-electron chi connectivity index (χ0n) is 16.2. The summed E-state index contributed by atoms with van der Waals surface area (Å²) in [4.78, 5) is 3.99. The Kier molecular flexibility index (Phi) is 5.28. The highest BCUT2D eigenvalue weighted by molar-refractivity contribution is 7.91. The number of halogens is 1. The molecule has 2 aliphatic rings. The maximum Gasteiger partial charge on any atom is 0.286 e. The highest BCUT2D eigenvalue weighted by Gasteiger charge is 2.27. The van der Waals surface area contributed by atoms with Crippen LogP contribution in [0, 0.1) is 5.82 Å². The first-order valence-corrected chi connectivity index (χ1v) is 12.6. The van der Waals surface area contributed by atoms with Crippen LogP contribution in [0.25, 0.3) is 0 Å². The van der Waals surface area contributed by atoms with E-state index in [1.54, 1.807) is 18.2 Å². The molecule has 8 nitrogen and oxygen atoms in total. The molecule has 2 aromatic rings. The quantitative estimate of drug-likeness (QED) is 0.752. The van der Waals surface area contributed by atoms with Gasteiger partial charge in [-0.25, -0.2) is 12.8 Å². The Morgan fingerprint density at radius 3 is 2.47 bits per heavy atom. The standard InChI is InChI=1S/C19H21FN4O4S2/c1-29(25,26)14-6-7-17(15(20)12-14)24-10-8-23(9-11-24)13-19-21-16-4-2-3-5-18(16)30(27,28)22-19/h2-7,12H,8-11,13H2,1H3,(H,21,22). The minimum atomic E-state index is -3.73. The lowest BCUT2D eigenvalue weighted by Crippen LogP contribution is -2.49. The molecule has 160 valence electrons. The molecule has 1 N–H and O–H groups in total. The number of fused-ring (bicyclic) bond motifs is 1. The van der Waals surface area contributed by atoms with Crippen molar-refractivity contribution in [2.45, 2.75) is 9.79 Å². The van der Waals surface area contributed by atoms with Gasteiger partial charge in [0.15, 0.2) is 9.84 Å². The fraction of sp³-hybridized carbons (Fsp3) is 0.316. The molecule has 2 aliphatic heterocycles. The van der Waals surface area contributed by atoms with Crippen LogP contribution in [-0.4, -0.2) is 66.6 Å². The van der Waals surface area contributed by atoms with Crippen molar-refractivity contribution in [3.05, 3.63) is 48.3 Å². The van der Waals surface area contributed by atoms with E-state index in [0.717, 1.165) is 12.3 Å². The topological polar surface area (TPSA) is 99.2 Å². The molecule has 4 rings (SSSR count). The number of rotatable bonds is 4. The van der Waals surface area contributed by atoms with Crippen molar-refractivity contribution >= 4 is 37.1 Å². The Morgan fingerprint density at radius 1 is 1.10 bits per heavy atom. The fourth-order valence-electron chi connectivity index (χ4n) is 3.57. The number of nitrogens with one attached hydrogen (secondary N) is 1. The van der Waals surface area contributed by atoms with Crippen LogP contribution in [0.2, 0.25) is 0 Å². The Bertz CT molecular complexity index is 1220. The van der Waals surface area contributed by atoms with Gasteiger partial charge < -0.3 is 10.2 Å². The molecule has 1 saturated heterocycles. The van der Waals surface area contributed by atoms with Crippen LogP contribution >= 0.6 is 0 Å². The first kappa shape index (κ1) is 20.8. The largest absolute Gasteiger partial charge is 0.367 e. The number of benzene rings is 2. The molecule has 0 aromatic heterocycles. The van der Waals surface area contributed by atoms with Crippen molar-refractivity contribution in [1.82, 2.24) is 4.90 Å². The second-order valence-corrected chi connectivity index (χ2v) is 10.9. The van der Waals surface area contributed by atoms with Gasteiger partial charge >= 0.3 is 0 Å². The third-order valence-electron chi connectivity index (χ3n) is 5.11. The van der Waals surface area contributed by atoms with Gasteiger partial charge in [-0.1, -0.05) is 12.1 Å². The van der Waals surface area contributed by atoms with Crippen LogP contribution < -0.4 is 10.2 Å². The van der Waals surface area contributed by atoms with E-state index in [2.05, 4.69) is 9.71 Å². The van der Waals surface area contributed by atoms with Gasteiger partial charge in [-0.2, -0.15) is 8.42 Å². The molecule has 0 unspecified atom stereocenters. The summed E-state index contributed by atoms with van der Waals surface area (Å²) in [6.07, 6.45) is 1.04. The SMILES string of the molecule is CS(=O)(=O)c1ccc(N2CCN(CC3=NS(=O)(=O)c4ccccc4N3)CC2)c(F)c1. The van der Waals surface area contributed by atoms with E-state index in [1.807, 2.05) is 9.80 Å². The van der Waals surface area contributed by atoms with Crippen molar-refractivity contribution in [2.24, 2.45) is 4.40 Å². The van der Waals surface area contributed by atoms with E-state index in [4.69, 9.17) is 0 Å². The van der Waals surface area contributed by atoms with Crippen molar-refractivity contribution in [3.63, 3.8) is 0 Å². The maximum atomic E-state index is 14.4. The van der Waals surface area contributed by atoms with E-state index in [-0.39, 0.29) is 9.79 Å². The number of para-hydroxylation sites is 1. The summed E-state index contributed by atoms with van der Waals surface area (Å²) in [5, 5.41) is 3.07. The lowest BCUT2D eigenvalue weighted by atomic mass is 10.2. The minimum Gasteiger partial charge on any atom is -0.367 e. The lowest BCUT2D eigenvalue weighted by molar-refractivity contribution is 0.291. The smallest absolute Gasteiger partial charge is 0.286 e. The molecule has 0 radical (unpaired) electrons. The summed E-state index contributed by atoms with van der Waals surface area (Å²) < 4.78 is 66.2. The molecule has 0 saturated carbocycles. The van der Waals surface area contributed by atoms with Crippen LogP contribution in [0.4, 0.5) is 15.8 Å². The van der Waals surface area contributed by atoms with Gasteiger partial charge in [-0.3, -0.25) is 4.90 Å². The van der Waals surface area contributed by atoms with Gasteiger partial charge in [-0.15, -0.1) is 4.40 Å². The molecule has 2 aromatic carbocycles. The molecule has 11 heteroatoms. The van der Waals surface area contributed by atoms with Crippen molar-refractivity contribution in [1.29, 1.82) is 0 Å². The van der Waals surface area contributed by atoms with Crippen LogP contribution in [0.1, 0.15) is 0 Å². The molecular formula is C19H21FN4O4S2. The second kappa shape index (κ2) is 7.64. The molecule has 0 atom stereocenters. The van der Waals surface area contributed by atoms with E-state index in [1.165, 1.54) is 18.2 Å². The molecule has 0 amide bonds. The summed E-state index contributed by atoms with van der Waals surface area (Å²) in [5.74, 6) is -0.224. The minimum absolute atomic E-state index is 0.0507. The maximum absolute atomic E-state index is 14.4. The normalized spacial score (nSPS) is 19.0. The predicted molar refractivity (Wildman–Crippen MR) is 113 cm³/mol. The molecule has 30 heavy (non-hydrogen) atoms. The van der Waals surface area contributed by atoms with Gasteiger partial charge in [0, 0.05) is 32.4 Å². The van der Waals surface area contributed by atoms with Crippen molar-refractivity contribution in [2.75, 3.05) is 49.2 Å². The van der Waals surface area contributed by atoms with Crippen LogP contribution in [0.15, 0.2) is 56.7 Å².